The number of carbonyl (C=O) groups is 1. The van der Waals surface area contributed by atoms with Crippen LogP contribution in [-0.2, 0) is 9.53 Å². The van der Waals surface area contributed by atoms with Crippen LogP contribution in [0.5, 0.6) is 5.75 Å². The fraction of sp³-hybridized carbons (Fsp3) is 0.364. The zero-order valence-electron chi connectivity index (χ0n) is 9.28. The van der Waals surface area contributed by atoms with E-state index in [1.807, 2.05) is 6.92 Å². The number of methoxy groups -OCH3 is 2. The predicted octanol–water partition coefficient (Wildman–Crippen LogP) is 1.97. The highest BCUT2D eigenvalue weighted by molar-refractivity contribution is 9.10. The highest BCUT2D eigenvalue weighted by Gasteiger charge is 2.22. The molecule has 0 aromatic heterocycles. The molecule has 0 radical (unpaired) electrons. The summed E-state index contributed by atoms with van der Waals surface area (Å²) in [5, 5.41) is 9.75. The average molecular weight is 289 g/mol. The van der Waals surface area contributed by atoms with E-state index in [0.29, 0.717) is 15.8 Å². The number of aliphatic hydroxyl groups excluding tert-OH is 1. The van der Waals surface area contributed by atoms with Gasteiger partial charge in [-0.1, -0.05) is 15.9 Å². The van der Waals surface area contributed by atoms with E-state index < -0.39 is 12.1 Å². The van der Waals surface area contributed by atoms with Gasteiger partial charge in [0, 0.05) is 10.0 Å². The predicted molar refractivity (Wildman–Crippen MR) is 62.4 cm³/mol. The van der Waals surface area contributed by atoms with Gasteiger partial charge in [0.1, 0.15) is 5.75 Å². The van der Waals surface area contributed by atoms with Gasteiger partial charge in [0.15, 0.2) is 6.10 Å². The summed E-state index contributed by atoms with van der Waals surface area (Å²) in [4.78, 5) is 11.2. The third-order valence-corrected chi connectivity index (χ3v) is 3.29. The quantitative estimate of drug-likeness (QED) is 0.864. The van der Waals surface area contributed by atoms with E-state index in [0.717, 1.165) is 5.56 Å². The van der Waals surface area contributed by atoms with Crippen molar-refractivity contribution in [2.24, 2.45) is 0 Å². The first-order chi connectivity index (χ1) is 7.51. The molecule has 88 valence electrons. The second kappa shape index (κ2) is 5.32. The molecule has 1 rings (SSSR count). The lowest BCUT2D eigenvalue weighted by Gasteiger charge is -2.14. The van der Waals surface area contributed by atoms with Gasteiger partial charge in [-0.2, -0.15) is 0 Å². The molecule has 0 amide bonds. The van der Waals surface area contributed by atoms with Crippen LogP contribution in [0.15, 0.2) is 16.6 Å². The summed E-state index contributed by atoms with van der Waals surface area (Å²) in [6.07, 6.45) is -1.31. The Morgan fingerprint density at radius 1 is 1.44 bits per heavy atom. The second-order valence-corrected chi connectivity index (χ2v) is 4.07. The van der Waals surface area contributed by atoms with Crippen molar-refractivity contribution in [3.05, 3.63) is 27.7 Å². The molecule has 0 bridgehead atoms. The SMILES string of the molecule is COC(=O)C(O)c1cc(OC)cc(C)c1Br. The summed E-state index contributed by atoms with van der Waals surface area (Å²) < 4.78 is 10.2. The number of ether oxygens (including phenoxy) is 2. The standard InChI is InChI=1S/C11H13BrO4/c1-6-4-7(15-2)5-8(9(6)12)10(13)11(14)16-3/h4-5,10,13H,1-3H3. The van der Waals surface area contributed by atoms with Crippen molar-refractivity contribution in [3.63, 3.8) is 0 Å². The average Bonchev–Trinajstić information content (AvgIpc) is 2.30. The lowest BCUT2D eigenvalue weighted by Crippen LogP contribution is -2.14. The molecule has 0 aliphatic carbocycles. The van der Waals surface area contributed by atoms with Crippen LogP contribution < -0.4 is 4.74 Å². The molecule has 0 aliphatic heterocycles. The van der Waals surface area contributed by atoms with Crippen molar-refractivity contribution in [2.45, 2.75) is 13.0 Å². The maximum absolute atomic E-state index is 11.2. The molecule has 16 heavy (non-hydrogen) atoms. The van der Waals surface area contributed by atoms with Gasteiger partial charge in [0.25, 0.3) is 0 Å². The Morgan fingerprint density at radius 3 is 2.56 bits per heavy atom. The summed E-state index contributed by atoms with van der Waals surface area (Å²) in [5.74, 6) is -0.119. The van der Waals surface area contributed by atoms with E-state index >= 15 is 0 Å². The maximum Gasteiger partial charge on any atom is 0.339 e. The minimum Gasteiger partial charge on any atom is -0.497 e. The number of esters is 1. The molecule has 1 aromatic rings. The van der Waals surface area contributed by atoms with Gasteiger partial charge in [-0.15, -0.1) is 0 Å². The lowest BCUT2D eigenvalue weighted by atomic mass is 10.1. The van der Waals surface area contributed by atoms with Crippen molar-refractivity contribution in [3.8, 4) is 5.75 Å². The molecule has 0 spiro atoms. The van der Waals surface area contributed by atoms with Crippen LogP contribution in [0, 0.1) is 6.92 Å². The first-order valence-electron chi connectivity index (χ1n) is 4.61. The monoisotopic (exact) mass is 288 g/mol. The van der Waals surface area contributed by atoms with Crippen molar-refractivity contribution in [1.82, 2.24) is 0 Å². The van der Waals surface area contributed by atoms with Crippen molar-refractivity contribution < 1.29 is 19.4 Å². The Hall–Kier alpha value is -1.07. The molecule has 0 saturated heterocycles. The zero-order chi connectivity index (χ0) is 12.3. The number of aryl methyl sites for hydroxylation is 1. The molecule has 4 nitrogen and oxygen atoms in total. The Morgan fingerprint density at radius 2 is 2.06 bits per heavy atom. The van der Waals surface area contributed by atoms with Crippen LogP contribution in [0.1, 0.15) is 17.2 Å². The molecule has 5 heteroatoms. The Labute approximate surface area is 102 Å². The van der Waals surface area contributed by atoms with Crippen LogP contribution in [-0.4, -0.2) is 25.3 Å². The molecule has 0 saturated carbocycles. The van der Waals surface area contributed by atoms with Crippen LogP contribution in [0.2, 0.25) is 0 Å². The topological polar surface area (TPSA) is 55.8 Å². The smallest absolute Gasteiger partial charge is 0.339 e. The number of benzene rings is 1. The lowest BCUT2D eigenvalue weighted by molar-refractivity contribution is -0.150. The number of halogens is 1. The van der Waals surface area contributed by atoms with Crippen molar-refractivity contribution in [1.29, 1.82) is 0 Å². The number of rotatable bonds is 3. The Kier molecular flexibility index (Phi) is 4.32. The number of hydrogen-bond acceptors (Lipinski definition) is 4. The van der Waals surface area contributed by atoms with Crippen LogP contribution in [0.4, 0.5) is 0 Å². The van der Waals surface area contributed by atoms with Gasteiger partial charge in [-0.05, 0) is 24.6 Å². The molecular weight excluding hydrogens is 276 g/mol. The van der Waals surface area contributed by atoms with E-state index in [2.05, 4.69) is 20.7 Å². The highest BCUT2D eigenvalue weighted by atomic mass is 79.9. The number of aliphatic hydroxyl groups is 1. The van der Waals surface area contributed by atoms with E-state index in [1.165, 1.54) is 14.2 Å². The van der Waals surface area contributed by atoms with E-state index in [1.54, 1.807) is 12.1 Å². The second-order valence-electron chi connectivity index (χ2n) is 3.27. The molecule has 0 heterocycles. The number of hydrogen-bond donors (Lipinski definition) is 1. The summed E-state index contributed by atoms with van der Waals surface area (Å²) in [6.45, 7) is 1.85. The molecule has 1 unspecified atom stereocenters. The molecule has 1 N–H and O–H groups in total. The Bertz CT molecular complexity index is 403. The fourth-order valence-corrected chi connectivity index (χ4v) is 1.76. The molecule has 0 fully saturated rings. The third kappa shape index (κ3) is 2.54. The van der Waals surface area contributed by atoms with Gasteiger partial charge < -0.3 is 14.6 Å². The molecule has 1 atom stereocenters. The summed E-state index contributed by atoms with van der Waals surface area (Å²) in [5.41, 5.74) is 1.31. The highest BCUT2D eigenvalue weighted by Crippen LogP contribution is 2.31. The van der Waals surface area contributed by atoms with Gasteiger partial charge >= 0.3 is 5.97 Å². The zero-order valence-corrected chi connectivity index (χ0v) is 10.9. The largest absolute Gasteiger partial charge is 0.497 e. The maximum atomic E-state index is 11.2. The summed E-state index contributed by atoms with van der Waals surface area (Å²) in [6, 6.07) is 3.40. The van der Waals surface area contributed by atoms with Gasteiger partial charge in [0.2, 0.25) is 0 Å². The Balaban J connectivity index is 3.21. The number of carbonyl (C=O) groups excluding carboxylic acids is 1. The van der Waals surface area contributed by atoms with E-state index in [9.17, 15) is 9.90 Å². The fourth-order valence-electron chi connectivity index (χ4n) is 1.32. The van der Waals surface area contributed by atoms with Gasteiger partial charge in [-0.3, -0.25) is 0 Å². The van der Waals surface area contributed by atoms with Crippen LogP contribution in [0.3, 0.4) is 0 Å². The minimum absolute atomic E-state index is 0.434. The molecule has 0 aliphatic rings. The normalized spacial score (nSPS) is 12.1. The first-order valence-corrected chi connectivity index (χ1v) is 5.40. The third-order valence-electron chi connectivity index (χ3n) is 2.21. The van der Waals surface area contributed by atoms with Crippen molar-refractivity contribution >= 4 is 21.9 Å². The van der Waals surface area contributed by atoms with Crippen LogP contribution >= 0.6 is 15.9 Å². The van der Waals surface area contributed by atoms with E-state index in [4.69, 9.17) is 4.74 Å². The van der Waals surface area contributed by atoms with Crippen LogP contribution in [0.25, 0.3) is 0 Å². The molecule has 1 aromatic carbocycles. The van der Waals surface area contributed by atoms with E-state index in [-0.39, 0.29) is 0 Å². The van der Waals surface area contributed by atoms with Crippen molar-refractivity contribution in [2.75, 3.05) is 14.2 Å². The van der Waals surface area contributed by atoms with Gasteiger partial charge in [-0.25, -0.2) is 4.79 Å². The summed E-state index contributed by atoms with van der Waals surface area (Å²) >= 11 is 3.32. The molecular formula is C11H13BrO4. The summed E-state index contributed by atoms with van der Waals surface area (Å²) in [7, 11) is 2.75. The first kappa shape index (κ1) is 13.0. The minimum atomic E-state index is -1.31. The van der Waals surface area contributed by atoms with Gasteiger partial charge in [0.05, 0.1) is 14.2 Å².